The third kappa shape index (κ3) is 2.66. The fourth-order valence-electron chi connectivity index (χ4n) is 3.48. The summed E-state index contributed by atoms with van der Waals surface area (Å²) in [6.45, 7) is 3.36. The number of carbonyl (C=O) groups excluding carboxylic acids is 1. The van der Waals surface area contributed by atoms with E-state index in [-0.39, 0.29) is 23.7 Å². The normalized spacial score (nSPS) is 21.6. The van der Waals surface area contributed by atoms with Gasteiger partial charge in [-0.1, -0.05) is 0 Å². The van der Waals surface area contributed by atoms with Gasteiger partial charge >= 0.3 is 0 Å². The van der Waals surface area contributed by atoms with Crippen LogP contribution in [-0.2, 0) is 6.42 Å². The van der Waals surface area contributed by atoms with Crippen molar-refractivity contribution in [3.63, 3.8) is 0 Å². The number of hydrogen-bond donors (Lipinski definition) is 3. The van der Waals surface area contributed by atoms with Crippen molar-refractivity contribution in [3.8, 4) is 23.0 Å². The van der Waals surface area contributed by atoms with Gasteiger partial charge in [0.05, 0.1) is 17.6 Å². The number of phenolic OH excluding ortho intramolecular Hbond substituents is 2. The standard InChI is InChI=1S/C20H20O6/c1-20(2,24)18-8-13-16(25-18)6-5-12-15(23)9-17(26-19(12)13)11-4-3-10(21)7-14(11)22/h3-7,17-18,21-22,24H,8-9H2,1-2H3/t17-,18-/m0/s1. The number of aromatic hydroxyl groups is 2. The Kier molecular flexibility index (Phi) is 3.63. The van der Waals surface area contributed by atoms with Crippen LogP contribution in [0.2, 0.25) is 0 Å². The molecule has 0 aromatic heterocycles. The molecule has 0 saturated heterocycles. The van der Waals surface area contributed by atoms with Gasteiger partial charge in [-0.2, -0.15) is 0 Å². The lowest BCUT2D eigenvalue weighted by molar-refractivity contribution is -0.0229. The van der Waals surface area contributed by atoms with Crippen LogP contribution < -0.4 is 9.47 Å². The Morgan fingerprint density at radius 1 is 1.08 bits per heavy atom. The highest BCUT2D eigenvalue weighted by atomic mass is 16.5. The zero-order valence-corrected chi connectivity index (χ0v) is 14.5. The minimum absolute atomic E-state index is 0.0592. The molecule has 6 nitrogen and oxygen atoms in total. The summed E-state index contributed by atoms with van der Waals surface area (Å²) in [6, 6.07) is 7.63. The van der Waals surface area contributed by atoms with Crippen LogP contribution in [0.25, 0.3) is 0 Å². The van der Waals surface area contributed by atoms with Gasteiger partial charge in [0.15, 0.2) is 5.78 Å². The second kappa shape index (κ2) is 5.64. The molecule has 136 valence electrons. The van der Waals surface area contributed by atoms with Crippen molar-refractivity contribution in [2.75, 3.05) is 0 Å². The van der Waals surface area contributed by atoms with Crippen LogP contribution >= 0.6 is 0 Å². The van der Waals surface area contributed by atoms with E-state index in [1.54, 1.807) is 32.0 Å². The zero-order valence-electron chi connectivity index (χ0n) is 14.5. The van der Waals surface area contributed by atoms with E-state index in [4.69, 9.17) is 9.47 Å². The van der Waals surface area contributed by atoms with Gasteiger partial charge in [-0.15, -0.1) is 0 Å². The summed E-state index contributed by atoms with van der Waals surface area (Å²) in [5, 5.41) is 29.8. The number of Topliss-reactive ketones (excluding diaryl/α,β-unsaturated/α-hetero) is 1. The highest BCUT2D eigenvalue weighted by Crippen LogP contribution is 2.46. The molecule has 6 heteroatoms. The Bertz CT molecular complexity index is 896. The van der Waals surface area contributed by atoms with Gasteiger partial charge in [0.1, 0.15) is 35.2 Å². The highest BCUT2D eigenvalue weighted by molar-refractivity contribution is 6.01. The molecule has 4 rings (SSSR count). The lowest BCUT2D eigenvalue weighted by atomic mass is 9.91. The van der Waals surface area contributed by atoms with Crippen molar-refractivity contribution in [2.45, 2.75) is 44.5 Å². The summed E-state index contributed by atoms with van der Waals surface area (Å²) in [7, 11) is 0. The molecule has 0 saturated carbocycles. The van der Waals surface area contributed by atoms with Crippen LogP contribution in [0.3, 0.4) is 0 Å². The average Bonchev–Trinajstić information content (AvgIpc) is 2.99. The molecule has 2 aromatic carbocycles. The second-order valence-electron chi connectivity index (χ2n) is 7.36. The maximum atomic E-state index is 12.6. The van der Waals surface area contributed by atoms with Gasteiger partial charge in [-0.3, -0.25) is 4.79 Å². The molecule has 3 N–H and O–H groups in total. The first-order valence-electron chi connectivity index (χ1n) is 8.50. The van der Waals surface area contributed by atoms with Crippen molar-refractivity contribution in [1.82, 2.24) is 0 Å². The minimum Gasteiger partial charge on any atom is -0.508 e. The lowest BCUT2D eigenvalue weighted by Crippen LogP contribution is -2.39. The monoisotopic (exact) mass is 356 g/mol. The quantitative estimate of drug-likeness (QED) is 0.766. The minimum atomic E-state index is -1.03. The molecule has 0 bridgehead atoms. The van der Waals surface area contributed by atoms with Gasteiger partial charge < -0.3 is 24.8 Å². The van der Waals surface area contributed by atoms with E-state index in [1.165, 1.54) is 12.1 Å². The van der Waals surface area contributed by atoms with Crippen LogP contribution in [0.15, 0.2) is 30.3 Å². The summed E-state index contributed by atoms with van der Waals surface area (Å²) < 4.78 is 11.9. The number of hydrogen-bond acceptors (Lipinski definition) is 6. The predicted octanol–water partition coefficient (Wildman–Crippen LogP) is 2.88. The third-order valence-electron chi connectivity index (χ3n) is 4.96. The largest absolute Gasteiger partial charge is 0.508 e. The number of benzene rings is 2. The van der Waals surface area contributed by atoms with Crippen molar-refractivity contribution in [2.24, 2.45) is 0 Å². The predicted molar refractivity (Wildman–Crippen MR) is 92.9 cm³/mol. The maximum absolute atomic E-state index is 12.6. The van der Waals surface area contributed by atoms with Crippen molar-refractivity contribution >= 4 is 5.78 Å². The summed E-state index contributed by atoms with van der Waals surface area (Å²) >= 11 is 0. The summed E-state index contributed by atoms with van der Waals surface area (Å²) in [5.74, 6) is 0.779. The number of aliphatic hydroxyl groups is 1. The van der Waals surface area contributed by atoms with Gasteiger partial charge in [0.25, 0.3) is 0 Å². The van der Waals surface area contributed by atoms with Crippen molar-refractivity contribution in [3.05, 3.63) is 47.0 Å². The fourth-order valence-corrected chi connectivity index (χ4v) is 3.48. The van der Waals surface area contributed by atoms with Gasteiger partial charge in [0, 0.05) is 23.6 Å². The smallest absolute Gasteiger partial charge is 0.170 e. The first-order valence-corrected chi connectivity index (χ1v) is 8.50. The van der Waals surface area contributed by atoms with Gasteiger partial charge in [0.2, 0.25) is 0 Å². The molecule has 2 aliphatic heterocycles. The Morgan fingerprint density at radius 3 is 2.54 bits per heavy atom. The topological polar surface area (TPSA) is 96.2 Å². The van der Waals surface area contributed by atoms with E-state index in [0.29, 0.717) is 29.0 Å². The van der Waals surface area contributed by atoms with Crippen LogP contribution in [0.5, 0.6) is 23.0 Å². The number of fused-ring (bicyclic) bond motifs is 3. The first-order chi connectivity index (χ1) is 12.2. The van der Waals surface area contributed by atoms with Crippen LogP contribution in [0.1, 0.15) is 47.9 Å². The Morgan fingerprint density at radius 2 is 1.85 bits per heavy atom. The number of phenols is 2. The molecule has 0 aliphatic carbocycles. The average molecular weight is 356 g/mol. The highest BCUT2D eigenvalue weighted by Gasteiger charge is 2.40. The summed E-state index contributed by atoms with van der Waals surface area (Å²) in [5.41, 5.74) is 0.653. The molecule has 2 aromatic rings. The first kappa shape index (κ1) is 16.7. The van der Waals surface area contributed by atoms with Gasteiger partial charge in [-0.05, 0) is 38.1 Å². The molecule has 0 unspecified atom stereocenters. The number of rotatable bonds is 2. The third-order valence-corrected chi connectivity index (χ3v) is 4.96. The van der Waals surface area contributed by atoms with Gasteiger partial charge in [-0.25, -0.2) is 0 Å². The van der Waals surface area contributed by atoms with E-state index in [2.05, 4.69) is 0 Å². The molecule has 2 aliphatic rings. The molecule has 2 heterocycles. The van der Waals surface area contributed by atoms with Crippen molar-refractivity contribution < 1.29 is 29.6 Å². The SMILES string of the molecule is CC(C)(O)[C@@H]1Cc2c(ccc3c2O[C@H](c2ccc(O)cc2O)CC3=O)O1. The molecular formula is C20H20O6. The van der Waals surface area contributed by atoms with Crippen LogP contribution in [0, 0.1) is 0 Å². The second-order valence-corrected chi connectivity index (χ2v) is 7.36. The Hall–Kier alpha value is -2.73. The Balaban J connectivity index is 1.73. The molecular weight excluding hydrogens is 336 g/mol. The molecule has 0 fully saturated rings. The maximum Gasteiger partial charge on any atom is 0.170 e. The molecule has 0 radical (unpaired) electrons. The number of ether oxygens (including phenoxy) is 2. The van der Waals surface area contributed by atoms with E-state index in [0.717, 1.165) is 5.56 Å². The fraction of sp³-hybridized carbons (Fsp3) is 0.350. The van der Waals surface area contributed by atoms with Crippen molar-refractivity contribution in [1.29, 1.82) is 0 Å². The zero-order chi connectivity index (χ0) is 18.6. The van der Waals surface area contributed by atoms with E-state index in [9.17, 15) is 20.1 Å². The summed E-state index contributed by atoms with van der Waals surface area (Å²) in [6.07, 6.45) is -0.544. The van der Waals surface area contributed by atoms with Crippen LogP contribution in [-0.4, -0.2) is 32.8 Å². The summed E-state index contributed by atoms with van der Waals surface area (Å²) in [4.78, 5) is 12.6. The van der Waals surface area contributed by atoms with E-state index < -0.39 is 17.8 Å². The molecule has 26 heavy (non-hydrogen) atoms. The van der Waals surface area contributed by atoms with E-state index in [1.807, 2.05) is 0 Å². The van der Waals surface area contributed by atoms with E-state index >= 15 is 0 Å². The number of carbonyl (C=O) groups is 1. The lowest BCUT2D eigenvalue weighted by Gasteiger charge is -2.27. The molecule has 0 spiro atoms. The molecule has 0 amide bonds. The molecule has 2 atom stereocenters. The Labute approximate surface area is 150 Å². The van der Waals surface area contributed by atoms with Crippen LogP contribution in [0.4, 0.5) is 0 Å². The number of ketones is 1.